The Hall–Kier alpha value is -4.80. The first-order valence-electron chi connectivity index (χ1n) is 13.4. The van der Waals surface area contributed by atoms with Gasteiger partial charge < -0.3 is 20.1 Å². The van der Waals surface area contributed by atoms with E-state index in [9.17, 15) is 27.9 Å². The van der Waals surface area contributed by atoms with Gasteiger partial charge in [-0.3, -0.25) is 9.78 Å². The lowest BCUT2D eigenvalue weighted by Crippen LogP contribution is -2.53. The van der Waals surface area contributed by atoms with E-state index in [1.165, 1.54) is 12.3 Å². The van der Waals surface area contributed by atoms with Crippen LogP contribution in [0.15, 0.2) is 60.8 Å². The fraction of sp³-hybridized carbons (Fsp3) is 0.226. The number of carboxylic acid groups (broad SMARTS) is 1. The molecule has 232 valence electrons. The summed E-state index contributed by atoms with van der Waals surface area (Å²) in [6, 6.07) is 10.7. The van der Waals surface area contributed by atoms with E-state index >= 15 is 8.78 Å². The Morgan fingerprint density at radius 3 is 2.49 bits per heavy atom. The number of morpholine rings is 1. The molecular weight excluding hydrogens is 623 g/mol. The number of halogens is 6. The Morgan fingerprint density at radius 2 is 1.84 bits per heavy atom. The summed E-state index contributed by atoms with van der Waals surface area (Å²) in [6.45, 7) is -1.14. The summed E-state index contributed by atoms with van der Waals surface area (Å²) in [6.07, 6.45) is -3.54. The predicted octanol–water partition coefficient (Wildman–Crippen LogP) is 5.90. The number of ether oxygens (including phenoxy) is 1. The molecule has 0 bridgehead atoms. The molecule has 5 rings (SSSR count). The van der Waals surface area contributed by atoms with E-state index in [0.29, 0.717) is 50.3 Å². The number of rotatable bonds is 7. The average Bonchev–Trinajstić information content (AvgIpc) is 3.00. The SMILES string of the molecule is N#Cc1ccc(-c2ccc(C[C@H](NC(=O)c3c(F)cc(N4CCOC[C@H]4C(F)(F)F)cc3F)C(=O)O)c3cccnc23)c(Cl)c1. The molecule has 1 aliphatic rings. The van der Waals surface area contributed by atoms with Crippen LogP contribution in [-0.2, 0) is 16.0 Å². The number of hydrogen-bond acceptors (Lipinski definition) is 6. The molecule has 1 aromatic heterocycles. The summed E-state index contributed by atoms with van der Waals surface area (Å²) in [5.74, 6) is -5.82. The van der Waals surface area contributed by atoms with Crippen LogP contribution in [0.4, 0.5) is 27.6 Å². The number of carbonyl (C=O) groups excluding carboxylic acids is 1. The summed E-state index contributed by atoms with van der Waals surface area (Å²) in [5, 5.41) is 22.0. The number of fused-ring (bicyclic) bond motifs is 1. The van der Waals surface area contributed by atoms with Crippen LogP contribution in [0.3, 0.4) is 0 Å². The first kappa shape index (κ1) is 31.6. The molecular formula is C31H22ClF5N4O4. The van der Waals surface area contributed by atoms with Gasteiger partial charge in [-0.25, -0.2) is 13.6 Å². The summed E-state index contributed by atoms with van der Waals surface area (Å²) >= 11 is 6.41. The van der Waals surface area contributed by atoms with E-state index in [2.05, 4.69) is 10.3 Å². The highest BCUT2D eigenvalue weighted by molar-refractivity contribution is 6.33. The maximum absolute atomic E-state index is 15.1. The van der Waals surface area contributed by atoms with Gasteiger partial charge in [0.25, 0.3) is 5.91 Å². The number of alkyl halides is 3. The van der Waals surface area contributed by atoms with Crippen molar-refractivity contribution in [1.29, 1.82) is 5.26 Å². The lowest BCUT2D eigenvalue weighted by molar-refractivity contribution is -0.167. The van der Waals surface area contributed by atoms with Crippen LogP contribution in [0.1, 0.15) is 21.5 Å². The first-order valence-corrected chi connectivity index (χ1v) is 13.8. The minimum Gasteiger partial charge on any atom is -0.480 e. The largest absolute Gasteiger partial charge is 0.480 e. The molecule has 1 saturated heterocycles. The number of anilines is 1. The minimum absolute atomic E-state index is 0.107. The zero-order chi connectivity index (χ0) is 32.5. The lowest BCUT2D eigenvalue weighted by atomic mass is 9.94. The molecule has 0 saturated carbocycles. The summed E-state index contributed by atoms with van der Waals surface area (Å²) in [4.78, 5) is 30.3. The van der Waals surface area contributed by atoms with Gasteiger partial charge >= 0.3 is 12.1 Å². The second-order valence-electron chi connectivity index (χ2n) is 10.2. The second-order valence-corrected chi connectivity index (χ2v) is 10.6. The molecule has 2 N–H and O–H groups in total. The van der Waals surface area contributed by atoms with Crippen LogP contribution in [0, 0.1) is 23.0 Å². The highest BCUT2D eigenvalue weighted by Gasteiger charge is 2.46. The molecule has 0 aliphatic carbocycles. The molecule has 45 heavy (non-hydrogen) atoms. The van der Waals surface area contributed by atoms with Crippen molar-refractivity contribution in [2.24, 2.45) is 0 Å². The van der Waals surface area contributed by atoms with Gasteiger partial charge in [0.1, 0.15) is 29.3 Å². The maximum Gasteiger partial charge on any atom is 0.411 e. The van der Waals surface area contributed by atoms with Gasteiger partial charge in [0.2, 0.25) is 0 Å². The molecule has 3 aromatic carbocycles. The fourth-order valence-corrected chi connectivity index (χ4v) is 5.49. The van der Waals surface area contributed by atoms with Crippen LogP contribution in [0.2, 0.25) is 5.02 Å². The molecule has 8 nitrogen and oxygen atoms in total. The average molecular weight is 645 g/mol. The van der Waals surface area contributed by atoms with E-state index in [-0.39, 0.29) is 19.6 Å². The third kappa shape index (κ3) is 6.52. The van der Waals surface area contributed by atoms with Crippen molar-refractivity contribution in [2.45, 2.75) is 24.7 Å². The van der Waals surface area contributed by atoms with E-state index in [4.69, 9.17) is 21.6 Å². The quantitative estimate of drug-likeness (QED) is 0.241. The second kappa shape index (κ2) is 12.7. The monoisotopic (exact) mass is 644 g/mol. The third-order valence-electron chi connectivity index (χ3n) is 7.37. The van der Waals surface area contributed by atoms with Crippen LogP contribution >= 0.6 is 11.6 Å². The number of benzene rings is 3. The predicted molar refractivity (Wildman–Crippen MR) is 154 cm³/mol. The van der Waals surface area contributed by atoms with E-state index < -0.39 is 59.6 Å². The Morgan fingerprint density at radius 1 is 1.13 bits per heavy atom. The molecule has 2 heterocycles. The number of nitrogens with one attached hydrogen (secondary N) is 1. The van der Waals surface area contributed by atoms with Crippen LogP contribution < -0.4 is 10.2 Å². The van der Waals surface area contributed by atoms with Crippen molar-refractivity contribution in [1.82, 2.24) is 10.3 Å². The number of nitrogens with zero attached hydrogens (tertiary/aromatic N) is 3. The molecule has 0 spiro atoms. The van der Waals surface area contributed by atoms with Gasteiger partial charge in [0.15, 0.2) is 0 Å². The molecule has 0 unspecified atom stereocenters. The lowest BCUT2D eigenvalue weighted by Gasteiger charge is -2.38. The number of carboxylic acids is 1. The minimum atomic E-state index is -4.75. The standard InChI is InChI=1S/C31H22ClF5N4O4/c32-22-10-16(14-38)3-5-20(22)21-6-4-17(19-2-1-7-39-28(19)21)11-25(30(43)44)40-29(42)27-23(33)12-18(13-24(27)34)41-8-9-45-15-26(41)31(35,36)37/h1-7,10,12-13,25-26H,8-9,11,15H2,(H,40,42)(H,43,44)/t25-,26-/m0/s1. The molecule has 14 heteroatoms. The van der Waals surface area contributed by atoms with E-state index in [0.717, 1.165) is 4.90 Å². The van der Waals surface area contributed by atoms with Gasteiger partial charge in [-0.1, -0.05) is 35.9 Å². The van der Waals surface area contributed by atoms with Gasteiger partial charge in [0.05, 0.1) is 30.4 Å². The van der Waals surface area contributed by atoms with E-state index in [1.807, 2.05) is 6.07 Å². The summed E-state index contributed by atoms with van der Waals surface area (Å²) in [5.41, 5.74) is 0.819. The van der Waals surface area contributed by atoms with Crippen molar-refractivity contribution in [3.63, 3.8) is 0 Å². The highest BCUT2D eigenvalue weighted by atomic mass is 35.5. The summed E-state index contributed by atoms with van der Waals surface area (Å²) < 4.78 is 75.5. The molecule has 1 fully saturated rings. The van der Waals surface area contributed by atoms with Crippen LogP contribution in [0.25, 0.3) is 22.0 Å². The van der Waals surface area contributed by atoms with Gasteiger partial charge in [-0.15, -0.1) is 0 Å². The van der Waals surface area contributed by atoms with Crippen molar-refractivity contribution >= 4 is 40.1 Å². The number of carbonyl (C=O) groups is 2. The number of hydrogen-bond donors (Lipinski definition) is 2. The van der Waals surface area contributed by atoms with Crippen LogP contribution in [0.5, 0.6) is 0 Å². The smallest absolute Gasteiger partial charge is 0.411 e. The normalized spacial score (nSPS) is 15.8. The fourth-order valence-electron chi connectivity index (χ4n) is 5.21. The maximum atomic E-state index is 15.1. The number of aromatic nitrogens is 1. The Labute approximate surface area is 257 Å². The Balaban J connectivity index is 1.42. The highest BCUT2D eigenvalue weighted by Crippen LogP contribution is 2.35. The van der Waals surface area contributed by atoms with Crippen molar-refractivity contribution < 1.29 is 41.4 Å². The molecule has 0 radical (unpaired) electrons. The Bertz CT molecular complexity index is 1820. The van der Waals surface area contributed by atoms with E-state index in [1.54, 1.807) is 36.4 Å². The van der Waals surface area contributed by atoms with Gasteiger partial charge in [-0.2, -0.15) is 18.4 Å². The molecule has 4 aromatic rings. The number of nitriles is 1. The van der Waals surface area contributed by atoms with Crippen molar-refractivity contribution in [3.8, 4) is 17.2 Å². The molecule has 1 amide bonds. The summed E-state index contributed by atoms with van der Waals surface area (Å²) in [7, 11) is 0. The number of aliphatic carboxylic acids is 1. The van der Waals surface area contributed by atoms with Crippen molar-refractivity contribution in [2.75, 3.05) is 24.7 Å². The molecule has 1 aliphatic heterocycles. The zero-order valence-electron chi connectivity index (χ0n) is 23.0. The van der Waals surface area contributed by atoms with Gasteiger partial charge in [0, 0.05) is 46.4 Å². The molecule has 2 atom stereocenters. The van der Waals surface area contributed by atoms with Gasteiger partial charge in [-0.05, 0) is 35.9 Å². The number of amides is 1. The van der Waals surface area contributed by atoms with Crippen molar-refractivity contribution in [3.05, 3.63) is 94.1 Å². The topological polar surface area (TPSA) is 116 Å². The van der Waals surface area contributed by atoms with Crippen LogP contribution in [-0.4, -0.2) is 60.0 Å². The third-order valence-corrected chi connectivity index (χ3v) is 7.68. The Kier molecular flexibility index (Phi) is 8.90. The number of pyridine rings is 1. The first-order chi connectivity index (χ1) is 21.4. The zero-order valence-corrected chi connectivity index (χ0v) is 23.8.